The normalized spacial score (nSPS) is 14.4. The summed E-state index contributed by atoms with van der Waals surface area (Å²) >= 11 is 1.38. The highest BCUT2D eigenvalue weighted by Crippen LogP contribution is 2.27. The molecule has 1 saturated carbocycles. The molecule has 1 fully saturated rings. The molecule has 0 bridgehead atoms. The Labute approximate surface area is 107 Å². The Kier molecular flexibility index (Phi) is 2.63. The van der Waals surface area contributed by atoms with Crippen LogP contribution in [0.3, 0.4) is 0 Å². The van der Waals surface area contributed by atoms with Crippen molar-refractivity contribution in [3.8, 4) is 11.4 Å². The molecule has 7 nitrogen and oxygen atoms in total. The highest BCUT2D eigenvalue weighted by Gasteiger charge is 2.22. The molecule has 2 heterocycles. The van der Waals surface area contributed by atoms with Crippen LogP contribution in [-0.2, 0) is 0 Å². The molecule has 1 aliphatic carbocycles. The van der Waals surface area contributed by atoms with E-state index in [1.54, 1.807) is 6.20 Å². The van der Waals surface area contributed by atoms with Gasteiger partial charge in [0.25, 0.3) is 0 Å². The number of anilines is 1. The molecule has 8 heteroatoms. The summed E-state index contributed by atoms with van der Waals surface area (Å²) in [5, 5.41) is 5.71. The van der Waals surface area contributed by atoms with Gasteiger partial charge in [-0.15, -0.1) is 11.3 Å². The lowest BCUT2D eigenvalue weighted by molar-refractivity contribution is 1.09. The van der Waals surface area contributed by atoms with Crippen molar-refractivity contribution < 1.29 is 0 Å². The minimum absolute atomic E-state index is 0.0107. The molecule has 0 atom stereocenters. The largest absolute Gasteiger partial charge is 0.370 e. The number of aliphatic imine (C=N–C) groups is 1. The highest BCUT2D eigenvalue weighted by atomic mass is 32.1. The lowest BCUT2D eigenvalue weighted by Gasteiger charge is -1.96. The van der Waals surface area contributed by atoms with Gasteiger partial charge in [0, 0.05) is 11.4 Å². The Balaban J connectivity index is 1.78. The Hall–Kier alpha value is -2.09. The maximum atomic E-state index is 5.30. The standard InChI is InChI=1S/C10H13N7S/c11-8(12)17-10-16-7(4-18-10)6-3-13-9(15-6)14-5-1-2-5/h3-5H,1-2H2,(H2,13,14,15)(H4,11,12,16,17). The van der Waals surface area contributed by atoms with Crippen molar-refractivity contribution >= 4 is 28.4 Å². The van der Waals surface area contributed by atoms with Gasteiger partial charge in [-0.3, -0.25) is 0 Å². The minimum Gasteiger partial charge on any atom is -0.370 e. The zero-order valence-electron chi connectivity index (χ0n) is 9.55. The van der Waals surface area contributed by atoms with E-state index in [1.165, 1.54) is 24.2 Å². The van der Waals surface area contributed by atoms with E-state index in [0.717, 1.165) is 17.3 Å². The fourth-order valence-corrected chi connectivity index (χ4v) is 2.20. The molecule has 18 heavy (non-hydrogen) atoms. The van der Waals surface area contributed by atoms with Crippen LogP contribution in [0.5, 0.6) is 0 Å². The van der Waals surface area contributed by atoms with Crippen LogP contribution < -0.4 is 16.8 Å². The first kappa shape index (κ1) is 11.0. The van der Waals surface area contributed by atoms with E-state index in [-0.39, 0.29) is 5.96 Å². The van der Waals surface area contributed by atoms with Crippen molar-refractivity contribution in [3.63, 3.8) is 0 Å². The SMILES string of the molecule is NC(N)=Nc1nc(-c2cnc(NC3CC3)[nH]2)cs1. The van der Waals surface area contributed by atoms with Gasteiger partial charge in [0.15, 0.2) is 5.96 Å². The quantitative estimate of drug-likeness (QED) is 0.485. The minimum atomic E-state index is 0.0107. The Morgan fingerprint density at radius 2 is 2.33 bits per heavy atom. The first-order valence-corrected chi connectivity index (χ1v) is 6.46. The Morgan fingerprint density at radius 1 is 1.50 bits per heavy atom. The average molecular weight is 263 g/mol. The molecule has 0 unspecified atom stereocenters. The van der Waals surface area contributed by atoms with Gasteiger partial charge in [0.1, 0.15) is 5.69 Å². The van der Waals surface area contributed by atoms with Crippen molar-refractivity contribution in [2.75, 3.05) is 5.32 Å². The van der Waals surface area contributed by atoms with Crippen molar-refractivity contribution in [2.24, 2.45) is 16.5 Å². The Bertz CT molecular complexity index is 577. The van der Waals surface area contributed by atoms with Crippen LogP contribution in [0, 0.1) is 0 Å². The second-order valence-corrected chi connectivity index (χ2v) is 4.95. The molecule has 1 aliphatic rings. The number of nitrogens with two attached hydrogens (primary N) is 2. The number of hydrogen-bond acceptors (Lipinski definition) is 5. The number of thiazole rings is 1. The van der Waals surface area contributed by atoms with Gasteiger partial charge in [0.05, 0.1) is 11.9 Å². The van der Waals surface area contributed by atoms with E-state index in [9.17, 15) is 0 Å². The summed E-state index contributed by atoms with van der Waals surface area (Å²) in [7, 11) is 0. The number of nitrogens with zero attached hydrogens (tertiary/aromatic N) is 3. The molecule has 2 aromatic heterocycles. The number of aromatic nitrogens is 3. The summed E-state index contributed by atoms with van der Waals surface area (Å²) in [5.41, 5.74) is 12.2. The molecule has 3 rings (SSSR count). The van der Waals surface area contributed by atoms with Crippen LogP contribution in [0.4, 0.5) is 11.1 Å². The van der Waals surface area contributed by atoms with Crippen molar-refractivity contribution in [1.29, 1.82) is 0 Å². The van der Waals surface area contributed by atoms with Crippen LogP contribution >= 0.6 is 11.3 Å². The summed E-state index contributed by atoms with van der Waals surface area (Å²) in [6.45, 7) is 0. The van der Waals surface area contributed by atoms with E-state index in [0.29, 0.717) is 11.2 Å². The molecular formula is C10H13N7S. The second kappa shape index (κ2) is 4.30. The average Bonchev–Trinajstić information content (AvgIpc) is 2.82. The summed E-state index contributed by atoms with van der Waals surface area (Å²) in [4.78, 5) is 15.6. The first-order valence-electron chi connectivity index (χ1n) is 5.58. The number of hydrogen-bond donors (Lipinski definition) is 4. The maximum Gasteiger partial charge on any atom is 0.212 e. The molecule has 0 spiro atoms. The number of nitrogens with one attached hydrogen (secondary N) is 2. The highest BCUT2D eigenvalue weighted by molar-refractivity contribution is 7.13. The van der Waals surface area contributed by atoms with E-state index >= 15 is 0 Å². The number of imidazole rings is 1. The number of aromatic amines is 1. The van der Waals surface area contributed by atoms with E-state index in [1.807, 2.05) is 5.38 Å². The third-order valence-corrected chi connectivity index (χ3v) is 3.22. The fraction of sp³-hybridized carbons (Fsp3) is 0.300. The molecule has 0 saturated heterocycles. The summed E-state index contributed by atoms with van der Waals surface area (Å²) < 4.78 is 0. The molecule has 0 radical (unpaired) electrons. The van der Waals surface area contributed by atoms with Crippen LogP contribution in [0.1, 0.15) is 12.8 Å². The van der Waals surface area contributed by atoms with E-state index in [2.05, 4.69) is 25.3 Å². The molecule has 0 aromatic carbocycles. The van der Waals surface area contributed by atoms with E-state index in [4.69, 9.17) is 11.5 Å². The van der Waals surface area contributed by atoms with Crippen molar-refractivity contribution in [3.05, 3.63) is 11.6 Å². The van der Waals surface area contributed by atoms with Crippen molar-refractivity contribution in [2.45, 2.75) is 18.9 Å². The first-order chi connectivity index (χ1) is 8.70. The number of H-pyrrole nitrogens is 1. The Morgan fingerprint density at radius 3 is 3.06 bits per heavy atom. The van der Waals surface area contributed by atoms with Gasteiger partial charge >= 0.3 is 0 Å². The van der Waals surface area contributed by atoms with Crippen LogP contribution in [0.25, 0.3) is 11.4 Å². The lowest BCUT2D eigenvalue weighted by atomic mass is 10.4. The topological polar surface area (TPSA) is 118 Å². The van der Waals surface area contributed by atoms with Crippen LogP contribution in [-0.4, -0.2) is 27.0 Å². The fourth-order valence-electron chi connectivity index (χ4n) is 1.50. The van der Waals surface area contributed by atoms with Gasteiger partial charge in [-0.25, -0.2) is 9.97 Å². The van der Waals surface area contributed by atoms with Gasteiger partial charge in [0.2, 0.25) is 11.1 Å². The summed E-state index contributed by atoms with van der Waals surface area (Å²) in [6.07, 6.45) is 4.17. The molecule has 0 aliphatic heterocycles. The van der Waals surface area contributed by atoms with Crippen molar-refractivity contribution in [1.82, 2.24) is 15.0 Å². The molecular weight excluding hydrogens is 250 g/mol. The lowest BCUT2D eigenvalue weighted by Crippen LogP contribution is -2.21. The smallest absolute Gasteiger partial charge is 0.212 e. The predicted molar refractivity (Wildman–Crippen MR) is 71.8 cm³/mol. The maximum absolute atomic E-state index is 5.30. The van der Waals surface area contributed by atoms with Crippen LogP contribution in [0.15, 0.2) is 16.6 Å². The summed E-state index contributed by atoms with van der Waals surface area (Å²) in [6, 6.07) is 0.566. The number of rotatable bonds is 4. The molecule has 0 amide bonds. The predicted octanol–water partition coefficient (Wildman–Crippen LogP) is 1.01. The molecule has 2 aromatic rings. The summed E-state index contributed by atoms with van der Waals surface area (Å²) in [5.74, 6) is 0.792. The molecule has 6 N–H and O–H groups in total. The zero-order valence-corrected chi connectivity index (χ0v) is 10.4. The van der Waals surface area contributed by atoms with Gasteiger partial charge < -0.3 is 21.8 Å². The van der Waals surface area contributed by atoms with Gasteiger partial charge in [-0.05, 0) is 12.8 Å². The van der Waals surface area contributed by atoms with Gasteiger partial charge in [-0.2, -0.15) is 4.99 Å². The monoisotopic (exact) mass is 263 g/mol. The van der Waals surface area contributed by atoms with Gasteiger partial charge in [-0.1, -0.05) is 0 Å². The zero-order chi connectivity index (χ0) is 12.5. The van der Waals surface area contributed by atoms with Crippen LogP contribution in [0.2, 0.25) is 0 Å². The second-order valence-electron chi connectivity index (χ2n) is 4.12. The number of guanidine groups is 1. The third kappa shape index (κ3) is 2.43. The molecule has 94 valence electrons. The van der Waals surface area contributed by atoms with E-state index < -0.39 is 0 Å². The third-order valence-electron chi connectivity index (χ3n) is 2.49.